The first-order chi connectivity index (χ1) is 5.57. The van der Waals surface area contributed by atoms with Crippen molar-refractivity contribution >= 4 is 0 Å². The summed E-state index contributed by atoms with van der Waals surface area (Å²) in [7, 11) is 0. The second-order valence-corrected chi connectivity index (χ2v) is 2.55. The van der Waals surface area contributed by atoms with Crippen LogP contribution >= 0.6 is 0 Å². The number of hydrogen-bond acceptors (Lipinski definition) is 6. The molecule has 6 heteroatoms. The summed E-state index contributed by atoms with van der Waals surface area (Å²) < 4.78 is 4.52. The molecule has 2 unspecified atom stereocenters. The molecule has 0 aromatic carbocycles. The molecule has 0 bridgehead atoms. The van der Waals surface area contributed by atoms with Gasteiger partial charge in [0.05, 0.1) is 6.07 Å². The van der Waals surface area contributed by atoms with Crippen molar-refractivity contribution in [3.05, 3.63) is 0 Å². The van der Waals surface area contributed by atoms with Crippen molar-refractivity contribution in [2.24, 2.45) is 0 Å². The monoisotopic (exact) mass is 175 g/mol. The molecule has 0 amide bonds. The normalized spacial score (nSPS) is 43.9. The van der Waals surface area contributed by atoms with Crippen LogP contribution in [0.3, 0.4) is 0 Å². The van der Waals surface area contributed by atoms with E-state index in [9.17, 15) is 0 Å². The van der Waals surface area contributed by atoms with Gasteiger partial charge in [-0.05, 0) is 0 Å². The Balaban J connectivity index is 2.65. The minimum absolute atomic E-state index is 1.25. The lowest BCUT2D eigenvalue weighted by molar-refractivity contribution is -0.139. The highest BCUT2D eigenvalue weighted by molar-refractivity contribution is 4.98. The molecule has 0 radical (unpaired) electrons. The van der Waals surface area contributed by atoms with Crippen molar-refractivity contribution in [2.75, 3.05) is 0 Å². The Morgan fingerprint density at radius 3 is 2.17 bits per heavy atom. The summed E-state index contributed by atoms with van der Waals surface area (Å²) in [5, 5.41) is 44.0. The molecule has 4 N–H and O–H groups in total. The van der Waals surface area contributed by atoms with E-state index in [2.05, 4.69) is 4.74 Å². The first-order valence-corrected chi connectivity index (χ1v) is 3.35. The third-order valence-corrected chi connectivity index (χ3v) is 1.72. The quantitative estimate of drug-likeness (QED) is 0.323. The number of aliphatic hydroxyl groups excluding tert-OH is 4. The molecule has 5 atom stereocenters. The maximum atomic E-state index is 9.08. The molecule has 0 aromatic heterocycles. The van der Waals surface area contributed by atoms with Crippen LogP contribution in [0, 0.1) is 11.3 Å². The Kier molecular flexibility index (Phi) is 2.62. The van der Waals surface area contributed by atoms with Crippen LogP contribution in [0.5, 0.6) is 0 Å². The lowest BCUT2D eigenvalue weighted by atomic mass is 10.1. The van der Waals surface area contributed by atoms with Gasteiger partial charge in [-0.25, -0.2) is 0 Å². The summed E-state index contributed by atoms with van der Waals surface area (Å²) in [5.41, 5.74) is 0. The highest BCUT2D eigenvalue weighted by Gasteiger charge is 2.45. The molecule has 12 heavy (non-hydrogen) atoms. The van der Waals surface area contributed by atoms with Gasteiger partial charge in [0.15, 0.2) is 12.4 Å². The number of nitriles is 1. The van der Waals surface area contributed by atoms with E-state index in [0.29, 0.717) is 0 Å². The molecule has 0 aliphatic carbocycles. The molecule has 1 saturated heterocycles. The van der Waals surface area contributed by atoms with Crippen LogP contribution in [-0.4, -0.2) is 51.1 Å². The minimum Gasteiger partial charge on any atom is -0.387 e. The van der Waals surface area contributed by atoms with Gasteiger partial charge in [-0.2, -0.15) is 5.26 Å². The fourth-order valence-corrected chi connectivity index (χ4v) is 1.02. The average Bonchev–Trinajstić information content (AvgIpc) is 2.32. The van der Waals surface area contributed by atoms with Gasteiger partial charge >= 0.3 is 0 Å². The standard InChI is InChI=1S/C6H9NO5/c7-1-2(8)5-3(9)4(10)6(11)12-5/h2-6,8-11H/t2?,3-,4-,5+,6?/m0/s1. The molecule has 1 fully saturated rings. The maximum absolute atomic E-state index is 9.08. The van der Waals surface area contributed by atoms with E-state index in [-0.39, 0.29) is 0 Å². The fourth-order valence-electron chi connectivity index (χ4n) is 1.02. The largest absolute Gasteiger partial charge is 0.387 e. The Bertz CT molecular complexity index is 203. The number of ether oxygens (including phenoxy) is 1. The van der Waals surface area contributed by atoms with Gasteiger partial charge in [0.25, 0.3) is 0 Å². The molecule has 1 rings (SSSR count). The maximum Gasteiger partial charge on any atom is 0.184 e. The number of aliphatic hydroxyl groups is 4. The van der Waals surface area contributed by atoms with Crippen LogP contribution in [0.15, 0.2) is 0 Å². The zero-order valence-corrected chi connectivity index (χ0v) is 6.03. The molecular weight excluding hydrogens is 166 g/mol. The molecule has 6 nitrogen and oxygen atoms in total. The Morgan fingerprint density at radius 2 is 1.83 bits per heavy atom. The molecule has 1 aliphatic rings. The van der Waals surface area contributed by atoms with Crippen LogP contribution in [0.2, 0.25) is 0 Å². The fraction of sp³-hybridized carbons (Fsp3) is 0.833. The first kappa shape index (κ1) is 9.38. The third-order valence-electron chi connectivity index (χ3n) is 1.72. The van der Waals surface area contributed by atoms with Crippen LogP contribution in [-0.2, 0) is 4.74 Å². The summed E-state index contributed by atoms with van der Waals surface area (Å²) >= 11 is 0. The van der Waals surface area contributed by atoms with Gasteiger partial charge in [0, 0.05) is 0 Å². The van der Waals surface area contributed by atoms with Crippen LogP contribution in [0.25, 0.3) is 0 Å². The van der Waals surface area contributed by atoms with Crippen molar-refractivity contribution in [1.82, 2.24) is 0 Å². The van der Waals surface area contributed by atoms with Gasteiger partial charge in [0.2, 0.25) is 0 Å². The van der Waals surface area contributed by atoms with Gasteiger partial charge in [0.1, 0.15) is 18.3 Å². The van der Waals surface area contributed by atoms with Crippen LogP contribution in [0.4, 0.5) is 0 Å². The van der Waals surface area contributed by atoms with E-state index in [4.69, 9.17) is 25.7 Å². The predicted molar refractivity (Wildman–Crippen MR) is 34.5 cm³/mol. The van der Waals surface area contributed by atoms with E-state index < -0.39 is 30.7 Å². The van der Waals surface area contributed by atoms with Crippen LogP contribution in [0.1, 0.15) is 0 Å². The van der Waals surface area contributed by atoms with Gasteiger partial charge in [-0.3, -0.25) is 0 Å². The summed E-state index contributed by atoms with van der Waals surface area (Å²) in [6, 6.07) is 1.43. The molecule has 0 aromatic rings. The molecule has 0 saturated carbocycles. The minimum atomic E-state index is -1.55. The summed E-state index contributed by atoms with van der Waals surface area (Å²) in [4.78, 5) is 0. The Labute approximate surface area is 68.2 Å². The van der Waals surface area contributed by atoms with E-state index in [0.717, 1.165) is 0 Å². The zero-order chi connectivity index (χ0) is 9.30. The first-order valence-electron chi connectivity index (χ1n) is 3.35. The highest BCUT2D eigenvalue weighted by Crippen LogP contribution is 2.21. The highest BCUT2D eigenvalue weighted by atomic mass is 16.6. The Morgan fingerprint density at radius 1 is 1.25 bits per heavy atom. The molecular formula is C6H9NO5. The lowest BCUT2D eigenvalue weighted by Gasteiger charge is -2.14. The van der Waals surface area contributed by atoms with Crippen molar-refractivity contribution in [1.29, 1.82) is 5.26 Å². The lowest BCUT2D eigenvalue weighted by Crippen LogP contribution is -2.38. The molecule has 0 spiro atoms. The second kappa shape index (κ2) is 3.35. The predicted octanol–water partition coefficient (Wildman–Crippen LogP) is -2.69. The van der Waals surface area contributed by atoms with Gasteiger partial charge in [-0.15, -0.1) is 0 Å². The third kappa shape index (κ3) is 1.41. The topological polar surface area (TPSA) is 114 Å². The molecule has 68 valence electrons. The van der Waals surface area contributed by atoms with E-state index in [1.54, 1.807) is 0 Å². The smallest absolute Gasteiger partial charge is 0.184 e. The van der Waals surface area contributed by atoms with E-state index in [1.165, 1.54) is 6.07 Å². The number of hydrogen-bond donors (Lipinski definition) is 4. The summed E-state index contributed by atoms with van der Waals surface area (Å²) in [6.07, 6.45) is -7.26. The van der Waals surface area contributed by atoms with Crippen molar-refractivity contribution in [3.8, 4) is 6.07 Å². The SMILES string of the molecule is N#CC(O)[C@H]1OC(O)[C@@H](O)[C@@H]1O. The molecule has 1 aliphatic heterocycles. The number of rotatable bonds is 1. The number of nitrogens with zero attached hydrogens (tertiary/aromatic N) is 1. The van der Waals surface area contributed by atoms with Gasteiger partial charge in [-0.1, -0.05) is 0 Å². The average molecular weight is 175 g/mol. The zero-order valence-electron chi connectivity index (χ0n) is 6.03. The molecule has 1 heterocycles. The van der Waals surface area contributed by atoms with Crippen molar-refractivity contribution in [3.63, 3.8) is 0 Å². The summed E-state index contributed by atoms with van der Waals surface area (Å²) in [6.45, 7) is 0. The van der Waals surface area contributed by atoms with E-state index in [1.807, 2.05) is 0 Å². The van der Waals surface area contributed by atoms with E-state index >= 15 is 0 Å². The Hall–Kier alpha value is -0.710. The summed E-state index contributed by atoms with van der Waals surface area (Å²) in [5.74, 6) is 0. The van der Waals surface area contributed by atoms with Crippen molar-refractivity contribution < 1.29 is 25.2 Å². The second-order valence-electron chi connectivity index (χ2n) is 2.55. The van der Waals surface area contributed by atoms with Crippen molar-refractivity contribution in [2.45, 2.75) is 30.7 Å². The van der Waals surface area contributed by atoms with Crippen LogP contribution < -0.4 is 0 Å². The van der Waals surface area contributed by atoms with Gasteiger partial charge < -0.3 is 25.2 Å².